The van der Waals surface area contributed by atoms with Gasteiger partial charge in [0.25, 0.3) is 0 Å². The summed E-state index contributed by atoms with van der Waals surface area (Å²) in [5.41, 5.74) is 0.00546. The average molecular weight is 282 g/mol. The molecule has 110 valence electrons. The largest absolute Gasteiger partial charge is 0.493 e. The molecular weight excluding hydrogens is 263 g/mol. The Morgan fingerprint density at radius 3 is 2.40 bits per heavy atom. The molecule has 1 aliphatic carbocycles. The van der Waals surface area contributed by atoms with Crippen molar-refractivity contribution in [3.63, 3.8) is 0 Å². The molecule has 1 aliphatic rings. The third-order valence-electron chi connectivity index (χ3n) is 4.12. The zero-order valence-electron chi connectivity index (χ0n) is 11.7. The number of ether oxygens (including phenoxy) is 2. The van der Waals surface area contributed by atoms with Gasteiger partial charge in [-0.25, -0.2) is 4.39 Å². The minimum absolute atomic E-state index is 0.328. The molecule has 0 spiro atoms. The summed E-state index contributed by atoms with van der Waals surface area (Å²) in [6.45, 7) is -0.719. The van der Waals surface area contributed by atoms with Crippen molar-refractivity contribution in [3.8, 4) is 11.5 Å². The van der Waals surface area contributed by atoms with E-state index in [4.69, 9.17) is 9.47 Å². The van der Waals surface area contributed by atoms with Gasteiger partial charge in [-0.1, -0.05) is 12.8 Å². The number of methoxy groups -OCH3 is 2. The lowest BCUT2D eigenvalue weighted by Gasteiger charge is -2.26. The first-order valence-corrected chi connectivity index (χ1v) is 6.64. The number of benzene rings is 1. The van der Waals surface area contributed by atoms with E-state index in [1.165, 1.54) is 14.2 Å². The van der Waals surface area contributed by atoms with Crippen molar-refractivity contribution in [2.45, 2.75) is 37.8 Å². The fourth-order valence-corrected chi connectivity index (χ4v) is 3.02. The van der Waals surface area contributed by atoms with E-state index in [1.807, 2.05) is 0 Å². The van der Waals surface area contributed by atoms with Gasteiger partial charge < -0.3 is 14.6 Å². The summed E-state index contributed by atoms with van der Waals surface area (Å²) in [6.07, 6.45) is 2.88. The van der Waals surface area contributed by atoms with E-state index in [9.17, 15) is 14.3 Å². The van der Waals surface area contributed by atoms with Gasteiger partial charge in [-0.3, -0.25) is 4.79 Å². The molecule has 1 saturated carbocycles. The molecule has 2 rings (SSSR count). The van der Waals surface area contributed by atoms with E-state index in [0.717, 1.165) is 12.8 Å². The molecule has 0 radical (unpaired) electrons. The van der Waals surface area contributed by atoms with Crippen LogP contribution in [-0.2, 0) is 16.9 Å². The SMILES string of the molecule is COc1cc(C2(C(=O)O)CCCC2)cc(CF)c1OC. The van der Waals surface area contributed by atoms with Crippen LogP contribution in [0.5, 0.6) is 11.5 Å². The normalized spacial score (nSPS) is 16.9. The zero-order valence-corrected chi connectivity index (χ0v) is 11.7. The van der Waals surface area contributed by atoms with Crippen molar-refractivity contribution in [1.29, 1.82) is 0 Å². The lowest BCUT2D eigenvalue weighted by Crippen LogP contribution is -2.32. The van der Waals surface area contributed by atoms with Crippen LogP contribution in [0.3, 0.4) is 0 Å². The monoisotopic (exact) mass is 282 g/mol. The molecular formula is C15H19FO4. The van der Waals surface area contributed by atoms with E-state index in [1.54, 1.807) is 12.1 Å². The Labute approximate surface area is 117 Å². The van der Waals surface area contributed by atoms with Gasteiger partial charge in [-0.2, -0.15) is 0 Å². The molecule has 20 heavy (non-hydrogen) atoms. The summed E-state index contributed by atoms with van der Waals surface area (Å²) in [6, 6.07) is 3.26. The van der Waals surface area contributed by atoms with Crippen LogP contribution in [0.2, 0.25) is 0 Å². The second kappa shape index (κ2) is 5.69. The van der Waals surface area contributed by atoms with Gasteiger partial charge in [0, 0.05) is 5.56 Å². The lowest BCUT2D eigenvalue weighted by atomic mass is 9.78. The second-order valence-electron chi connectivity index (χ2n) is 5.10. The summed E-state index contributed by atoms with van der Waals surface area (Å²) in [5.74, 6) is -0.144. The minimum atomic E-state index is -0.927. The van der Waals surface area contributed by atoms with Gasteiger partial charge in [0.15, 0.2) is 11.5 Å². The zero-order chi connectivity index (χ0) is 14.8. The van der Waals surface area contributed by atoms with Crippen LogP contribution in [0.15, 0.2) is 12.1 Å². The Hall–Kier alpha value is -1.78. The topological polar surface area (TPSA) is 55.8 Å². The molecule has 0 saturated heterocycles. The molecule has 0 aliphatic heterocycles. The summed E-state index contributed by atoms with van der Waals surface area (Å²) in [5, 5.41) is 9.61. The molecule has 5 heteroatoms. The number of halogens is 1. The Kier molecular flexibility index (Phi) is 4.16. The van der Waals surface area contributed by atoms with Gasteiger partial charge in [0.05, 0.1) is 19.6 Å². The van der Waals surface area contributed by atoms with Gasteiger partial charge in [-0.15, -0.1) is 0 Å². The molecule has 0 atom stereocenters. The fourth-order valence-electron chi connectivity index (χ4n) is 3.02. The standard InChI is InChI=1S/C15H19FO4/c1-19-12-8-11(7-10(9-16)13(12)20-2)15(14(17)18)5-3-4-6-15/h7-8H,3-6,9H2,1-2H3,(H,17,18). The van der Waals surface area contributed by atoms with E-state index in [-0.39, 0.29) is 0 Å². The first kappa shape index (κ1) is 14.6. The average Bonchev–Trinajstić information content (AvgIpc) is 2.96. The van der Waals surface area contributed by atoms with Crippen LogP contribution in [-0.4, -0.2) is 25.3 Å². The molecule has 0 amide bonds. The van der Waals surface area contributed by atoms with Crippen LogP contribution in [0.4, 0.5) is 4.39 Å². The van der Waals surface area contributed by atoms with Crippen LogP contribution >= 0.6 is 0 Å². The maximum atomic E-state index is 13.2. The third kappa shape index (κ3) is 2.21. The quantitative estimate of drug-likeness (QED) is 0.901. The number of alkyl halides is 1. The van der Waals surface area contributed by atoms with Crippen molar-refractivity contribution < 1.29 is 23.8 Å². The Morgan fingerprint density at radius 2 is 1.95 bits per heavy atom. The smallest absolute Gasteiger partial charge is 0.314 e. The summed E-state index contributed by atoms with van der Waals surface area (Å²) in [4.78, 5) is 11.7. The first-order chi connectivity index (χ1) is 9.58. The first-order valence-electron chi connectivity index (χ1n) is 6.64. The van der Waals surface area contributed by atoms with E-state index < -0.39 is 18.1 Å². The van der Waals surface area contributed by atoms with Crippen molar-refractivity contribution in [2.24, 2.45) is 0 Å². The number of hydrogen-bond donors (Lipinski definition) is 1. The van der Waals surface area contributed by atoms with E-state index >= 15 is 0 Å². The maximum absolute atomic E-state index is 13.2. The van der Waals surface area contributed by atoms with Gasteiger partial charge in [0.2, 0.25) is 0 Å². The number of carboxylic acid groups (broad SMARTS) is 1. The van der Waals surface area contributed by atoms with Crippen molar-refractivity contribution in [1.82, 2.24) is 0 Å². The van der Waals surface area contributed by atoms with Crippen LogP contribution in [0, 0.1) is 0 Å². The van der Waals surface area contributed by atoms with Crippen molar-refractivity contribution in [3.05, 3.63) is 23.3 Å². The highest BCUT2D eigenvalue weighted by atomic mass is 19.1. The molecule has 0 aromatic heterocycles. The molecule has 1 fully saturated rings. The molecule has 1 aromatic rings. The van der Waals surface area contributed by atoms with Gasteiger partial charge in [-0.05, 0) is 30.5 Å². The molecule has 1 N–H and O–H groups in total. The van der Waals surface area contributed by atoms with Crippen LogP contribution in [0.25, 0.3) is 0 Å². The molecule has 0 heterocycles. The lowest BCUT2D eigenvalue weighted by molar-refractivity contribution is -0.143. The second-order valence-corrected chi connectivity index (χ2v) is 5.10. The summed E-state index contributed by atoms with van der Waals surface area (Å²) in [7, 11) is 2.91. The van der Waals surface area contributed by atoms with Crippen molar-refractivity contribution in [2.75, 3.05) is 14.2 Å². The Balaban J connectivity index is 2.59. The van der Waals surface area contributed by atoms with Crippen LogP contribution < -0.4 is 9.47 Å². The number of carboxylic acids is 1. The summed E-state index contributed by atoms with van der Waals surface area (Å²) >= 11 is 0. The third-order valence-corrected chi connectivity index (χ3v) is 4.12. The Bertz CT molecular complexity index is 482. The number of hydrogen-bond acceptors (Lipinski definition) is 3. The predicted octanol–water partition coefficient (Wildman–Crippen LogP) is 3.07. The highest BCUT2D eigenvalue weighted by Crippen LogP contribution is 2.45. The van der Waals surface area contributed by atoms with Crippen LogP contribution in [0.1, 0.15) is 36.8 Å². The fraction of sp³-hybridized carbons (Fsp3) is 0.533. The number of aliphatic carboxylic acids is 1. The molecule has 0 bridgehead atoms. The highest BCUT2D eigenvalue weighted by Gasteiger charge is 2.43. The predicted molar refractivity (Wildman–Crippen MR) is 72.1 cm³/mol. The summed E-state index contributed by atoms with van der Waals surface area (Å²) < 4.78 is 23.6. The van der Waals surface area contributed by atoms with E-state index in [0.29, 0.717) is 35.5 Å². The van der Waals surface area contributed by atoms with Gasteiger partial charge in [0.1, 0.15) is 6.67 Å². The Morgan fingerprint density at radius 1 is 1.30 bits per heavy atom. The van der Waals surface area contributed by atoms with E-state index in [2.05, 4.69) is 0 Å². The molecule has 0 unspecified atom stereocenters. The van der Waals surface area contributed by atoms with Gasteiger partial charge >= 0.3 is 5.97 Å². The minimum Gasteiger partial charge on any atom is -0.493 e. The molecule has 1 aromatic carbocycles. The molecule has 4 nitrogen and oxygen atoms in total. The highest BCUT2D eigenvalue weighted by molar-refractivity contribution is 5.82. The number of rotatable bonds is 5. The number of carbonyl (C=O) groups is 1. The maximum Gasteiger partial charge on any atom is 0.314 e. The van der Waals surface area contributed by atoms with Crippen molar-refractivity contribution >= 4 is 5.97 Å².